The molecule has 1 atom stereocenters. The molecule has 0 aliphatic carbocycles. The Morgan fingerprint density at radius 2 is 2.06 bits per heavy atom. The van der Waals surface area contributed by atoms with Crippen molar-refractivity contribution in [3.63, 3.8) is 0 Å². The molecule has 1 aliphatic rings. The monoisotopic (exact) mass is 238 g/mol. The largest absolute Gasteiger partial charge is 0.493 e. The quantitative estimate of drug-likeness (QED) is 0.662. The highest BCUT2D eigenvalue weighted by Crippen LogP contribution is 2.40. The van der Waals surface area contributed by atoms with Gasteiger partial charge in [0.25, 0.3) is 0 Å². The van der Waals surface area contributed by atoms with Crippen LogP contribution in [0.3, 0.4) is 0 Å². The highest BCUT2D eigenvalue weighted by molar-refractivity contribution is 6.21. The van der Waals surface area contributed by atoms with E-state index < -0.39 is 0 Å². The summed E-state index contributed by atoms with van der Waals surface area (Å²) in [5.41, 5.74) is 2.60. The molecule has 1 aliphatic heterocycles. The second-order valence-electron chi connectivity index (χ2n) is 5.55. The Bertz CT molecular complexity index is 379. The second-order valence-corrected chi connectivity index (χ2v) is 5.98. The molecule has 1 heterocycles. The van der Waals surface area contributed by atoms with E-state index in [-0.39, 0.29) is 10.8 Å². The SMILES string of the molecule is CC(C)(C)C(Cl)c1ccc2c(c1)CCCO2. The van der Waals surface area contributed by atoms with Gasteiger partial charge in [-0.1, -0.05) is 32.9 Å². The summed E-state index contributed by atoms with van der Waals surface area (Å²) >= 11 is 6.48. The Kier molecular flexibility index (Phi) is 3.16. The van der Waals surface area contributed by atoms with Gasteiger partial charge in [-0.3, -0.25) is 0 Å². The van der Waals surface area contributed by atoms with Crippen LogP contribution in [0.15, 0.2) is 18.2 Å². The minimum absolute atomic E-state index is 0.0553. The van der Waals surface area contributed by atoms with Crippen LogP contribution in [-0.4, -0.2) is 6.61 Å². The first kappa shape index (κ1) is 11.8. The lowest BCUT2D eigenvalue weighted by atomic mass is 9.86. The predicted molar refractivity (Wildman–Crippen MR) is 68.3 cm³/mol. The molecule has 0 saturated heterocycles. The fourth-order valence-electron chi connectivity index (χ4n) is 2.04. The van der Waals surface area contributed by atoms with Crippen molar-refractivity contribution in [2.45, 2.75) is 39.0 Å². The van der Waals surface area contributed by atoms with E-state index >= 15 is 0 Å². The number of halogens is 1. The molecule has 1 aromatic rings. The fraction of sp³-hybridized carbons (Fsp3) is 0.571. The molecular weight excluding hydrogens is 220 g/mol. The maximum atomic E-state index is 6.48. The van der Waals surface area contributed by atoms with Crippen LogP contribution in [0, 0.1) is 5.41 Å². The maximum absolute atomic E-state index is 6.48. The third-order valence-corrected chi connectivity index (χ3v) is 3.89. The maximum Gasteiger partial charge on any atom is 0.122 e. The third-order valence-electron chi connectivity index (χ3n) is 2.99. The van der Waals surface area contributed by atoms with Crippen LogP contribution < -0.4 is 4.74 Å². The Morgan fingerprint density at radius 3 is 2.75 bits per heavy atom. The molecule has 88 valence electrons. The minimum atomic E-state index is 0.0553. The molecule has 0 amide bonds. The number of aryl methyl sites for hydroxylation is 1. The van der Waals surface area contributed by atoms with Gasteiger partial charge in [0.15, 0.2) is 0 Å². The lowest BCUT2D eigenvalue weighted by Gasteiger charge is -2.27. The van der Waals surface area contributed by atoms with Crippen molar-refractivity contribution >= 4 is 11.6 Å². The zero-order valence-electron chi connectivity index (χ0n) is 10.2. The smallest absolute Gasteiger partial charge is 0.122 e. The van der Waals surface area contributed by atoms with Crippen molar-refractivity contribution in [3.8, 4) is 5.75 Å². The van der Waals surface area contributed by atoms with Crippen molar-refractivity contribution in [2.24, 2.45) is 5.41 Å². The van der Waals surface area contributed by atoms with Gasteiger partial charge in [-0.15, -0.1) is 11.6 Å². The summed E-state index contributed by atoms with van der Waals surface area (Å²) < 4.78 is 5.60. The zero-order valence-corrected chi connectivity index (χ0v) is 11.0. The number of benzene rings is 1. The second kappa shape index (κ2) is 4.29. The highest BCUT2D eigenvalue weighted by atomic mass is 35.5. The molecule has 0 fully saturated rings. The standard InChI is InChI=1S/C14H19ClO/c1-14(2,3)13(15)11-6-7-12-10(9-11)5-4-8-16-12/h6-7,9,13H,4-5,8H2,1-3H3. The number of ether oxygens (including phenoxy) is 1. The minimum Gasteiger partial charge on any atom is -0.493 e. The summed E-state index contributed by atoms with van der Waals surface area (Å²) in [4.78, 5) is 0. The third kappa shape index (κ3) is 2.35. The molecule has 2 heteroatoms. The topological polar surface area (TPSA) is 9.23 Å². The van der Waals surface area contributed by atoms with Gasteiger partial charge in [0.05, 0.1) is 12.0 Å². The van der Waals surface area contributed by atoms with Crippen LogP contribution >= 0.6 is 11.6 Å². The van der Waals surface area contributed by atoms with Crippen molar-refractivity contribution in [3.05, 3.63) is 29.3 Å². The van der Waals surface area contributed by atoms with Gasteiger partial charge < -0.3 is 4.74 Å². The molecule has 0 aromatic heterocycles. The zero-order chi connectivity index (χ0) is 11.8. The summed E-state index contributed by atoms with van der Waals surface area (Å²) in [6.45, 7) is 7.35. The van der Waals surface area contributed by atoms with Crippen molar-refractivity contribution in [1.82, 2.24) is 0 Å². The number of fused-ring (bicyclic) bond motifs is 1. The summed E-state index contributed by atoms with van der Waals surface area (Å²) in [5, 5.41) is 0.0553. The summed E-state index contributed by atoms with van der Waals surface area (Å²) in [6.07, 6.45) is 2.22. The molecule has 0 spiro atoms. The molecule has 0 bridgehead atoms. The average Bonchev–Trinajstić information content (AvgIpc) is 2.26. The van der Waals surface area contributed by atoms with Crippen LogP contribution in [0.4, 0.5) is 0 Å². The van der Waals surface area contributed by atoms with Crippen LogP contribution in [0.25, 0.3) is 0 Å². The first-order valence-electron chi connectivity index (χ1n) is 5.88. The van der Waals surface area contributed by atoms with Gasteiger partial charge >= 0.3 is 0 Å². The Labute approximate surface area is 103 Å². The first-order valence-corrected chi connectivity index (χ1v) is 6.32. The summed E-state index contributed by atoms with van der Waals surface area (Å²) in [7, 11) is 0. The molecule has 1 nitrogen and oxygen atoms in total. The van der Waals surface area contributed by atoms with Crippen molar-refractivity contribution in [2.75, 3.05) is 6.61 Å². The van der Waals surface area contributed by atoms with Gasteiger partial charge in [-0.25, -0.2) is 0 Å². The molecule has 0 saturated carbocycles. The lowest BCUT2D eigenvalue weighted by molar-refractivity contribution is 0.288. The van der Waals surface area contributed by atoms with E-state index in [0.717, 1.165) is 25.2 Å². The van der Waals surface area contributed by atoms with Crippen LogP contribution in [0.1, 0.15) is 43.7 Å². The predicted octanol–water partition coefficient (Wildman–Crippen LogP) is 4.34. The number of rotatable bonds is 1. The molecular formula is C14H19ClO. The van der Waals surface area contributed by atoms with Crippen molar-refractivity contribution in [1.29, 1.82) is 0 Å². The van der Waals surface area contributed by atoms with Crippen LogP contribution in [0.5, 0.6) is 5.75 Å². The van der Waals surface area contributed by atoms with Crippen LogP contribution in [-0.2, 0) is 6.42 Å². The number of hydrogen-bond acceptors (Lipinski definition) is 1. The summed E-state index contributed by atoms with van der Waals surface area (Å²) in [5.74, 6) is 1.03. The first-order chi connectivity index (χ1) is 7.48. The van der Waals surface area contributed by atoms with E-state index in [1.54, 1.807) is 0 Å². The molecule has 0 radical (unpaired) electrons. The van der Waals surface area contributed by atoms with Gasteiger partial charge in [-0.2, -0.15) is 0 Å². The van der Waals surface area contributed by atoms with E-state index in [9.17, 15) is 0 Å². The summed E-state index contributed by atoms with van der Waals surface area (Å²) in [6, 6.07) is 6.36. The molecule has 0 N–H and O–H groups in total. The van der Waals surface area contributed by atoms with Gasteiger partial charge in [0, 0.05) is 0 Å². The van der Waals surface area contributed by atoms with E-state index in [2.05, 4.69) is 39.0 Å². The number of alkyl halides is 1. The molecule has 2 rings (SSSR count). The number of hydrogen-bond donors (Lipinski definition) is 0. The molecule has 16 heavy (non-hydrogen) atoms. The Balaban J connectivity index is 2.30. The van der Waals surface area contributed by atoms with E-state index in [1.165, 1.54) is 11.1 Å². The Morgan fingerprint density at radius 1 is 1.31 bits per heavy atom. The normalized spacial score (nSPS) is 17.5. The van der Waals surface area contributed by atoms with E-state index in [1.807, 2.05) is 0 Å². The van der Waals surface area contributed by atoms with Gasteiger partial charge in [-0.05, 0) is 35.4 Å². The fourth-order valence-corrected chi connectivity index (χ4v) is 2.17. The Hall–Kier alpha value is -0.690. The van der Waals surface area contributed by atoms with Crippen molar-refractivity contribution < 1.29 is 4.74 Å². The van der Waals surface area contributed by atoms with Crippen LogP contribution in [0.2, 0.25) is 0 Å². The van der Waals surface area contributed by atoms with Gasteiger partial charge in [0.1, 0.15) is 5.75 Å². The van der Waals surface area contributed by atoms with E-state index in [4.69, 9.17) is 16.3 Å². The molecule has 1 unspecified atom stereocenters. The average molecular weight is 239 g/mol. The van der Waals surface area contributed by atoms with E-state index in [0.29, 0.717) is 0 Å². The molecule has 1 aromatic carbocycles. The lowest BCUT2D eigenvalue weighted by Crippen LogP contribution is -2.14. The highest BCUT2D eigenvalue weighted by Gasteiger charge is 2.25. The van der Waals surface area contributed by atoms with Gasteiger partial charge in [0.2, 0.25) is 0 Å².